The molecule has 0 N–H and O–H groups in total. The summed E-state index contributed by atoms with van der Waals surface area (Å²) in [6.45, 7) is 0. The highest BCUT2D eigenvalue weighted by Gasteiger charge is 2.16. The fourth-order valence-corrected chi connectivity index (χ4v) is 2.16. The molecule has 2 aromatic rings. The van der Waals surface area contributed by atoms with Crippen LogP contribution in [0.1, 0.15) is 0 Å². The minimum atomic E-state index is 0.678. The van der Waals surface area contributed by atoms with Crippen LogP contribution in [0.5, 0.6) is 0 Å². The molecule has 3 rings (SSSR count). The zero-order chi connectivity index (χ0) is 8.29. The maximum absolute atomic E-state index is 5.97. The van der Waals surface area contributed by atoms with Gasteiger partial charge in [-0.25, -0.2) is 4.99 Å². The van der Waals surface area contributed by atoms with E-state index in [-0.39, 0.29) is 0 Å². The van der Waals surface area contributed by atoms with E-state index in [0.717, 1.165) is 21.8 Å². The van der Waals surface area contributed by atoms with Gasteiger partial charge in [0.2, 0.25) is 0 Å². The van der Waals surface area contributed by atoms with Crippen LogP contribution >= 0.6 is 23.2 Å². The number of halogens is 2. The van der Waals surface area contributed by atoms with Crippen molar-refractivity contribution in [3.63, 3.8) is 0 Å². The Labute approximate surface area is 78.6 Å². The summed E-state index contributed by atoms with van der Waals surface area (Å²) in [5.74, 6) is 0. The smallest absolute Gasteiger partial charge is 0.0833 e. The van der Waals surface area contributed by atoms with Gasteiger partial charge in [-0.05, 0) is 18.2 Å². The zero-order valence-electron chi connectivity index (χ0n) is 5.94. The van der Waals surface area contributed by atoms with Gasteiger partial charge in [-0.3, -0.25) is 0 Å². The molecule has 0 atom stereocenters. The van der Waals surface area contributed by atoms with Gasteiger partial charge in [0.25, 0.3) is 0 Å². The Morgan fingerprint density at radius 2 is 1.92 bits per heavy atom. The van der Waals surface area contributed by atoms with Gasteiger partial charge in [-0.1, -0.05) is 23.2 Å². The van der Waals surface area contributed by atoms with Crippen molar-refractivity contribution in [2.24, 2.45) is 4.99 Å². The van der Waals surface area contributed by atoms with Crippen LogP contribution in [0.4, 0.5) is 5.69 Å². The summed E-state index contributed by atoms with van der Waals surface area (Å²) in [7, 11) is 0. The molecule has 1 nitrogen and oxygen atoms in total. The van der Waals surface area contributed by atoms with Crippen molar-refractivity contribution in [1.82, 2.24) is 0 Å². The zero-order valence-corrected chi connectivity index (χ0v) is 7.45. The van der Waals surface area contributed by atoms with Gasteiger partial charge in [0.1, 0.15) is 0 Å². The van der Waals surface area contributed by atoms with Crippen molar-refractivity contribution in [3.8, 4) is 0 Å². The first-order valence-corrected chi connectivity index (χ1v) is 4.32. The van der Waals surface area contributed by atoms with Crippen LogP contribution in [0.25, 0.3) is 10.8 Å². The molecule has 1 heterocycles. The van der Waals surface area contributed by atoms with E-state index in [2.05, 4.69) is 4.99 Å². The molecule has 1 aliphatic heterocycles. The van der Waals surface area contributed by atoms with Gasteiger partial charge in [0.15, 0.2) is 0 Å². The highest BCUT2D eigenvalue weighted by atomic mass is 35.5. The summed E-state index contributed by atoms with van der Waals surface area (Å²) >= 11 is 11.9. The molecule has 0 amide bonds. The number of hydrogen-bond acceptors (Lipinski definition) is 1. The third-order valence-corrected chi connectivity index (χ3v) is 2.75. The Morgan fingerprint density at radius 3 is 2.67 bits per heavy atom. The number of hydrogen-bond donors (Lipinski definition) is 0. The van der Waals surface area contributed by atoms with E-state index in [1.165, 1.54) is 0 Å². The lowest BCUT2D eigenvalue weighted by Crippen LogP contribution is -2.12. The van der Waals surface area contributed by atoms with Crippen molar-refractivity contribution in [1.29, 1.82) is 0 Å². The Morgan fingerprint density at radius 1 is 1.08 bits per heavy atom. The Bertz CT molecular complexity index is 522. The molecule has 0 fully saturated rings. The molecule has 0 unspecified atom stereocenters. The topological polar surface area (TPSA) is 12.4 Å². The number of rotatable bonds is 0. The molecule has 0 aliphatic carbocycles. The third-order valence-electron chi connectivity index (χ3n) is 2.14. The second-order valence-corrected chi connectivity index (χ2v) is 3.62. The van der Waals surface area contributed by atoms with Crippen molar-refractivity contribution in [3.05, 3.63) is 33.6 Å². The molecular formula is C9H3Cl2N. The van der Waals surface area contributed by atoms with E-state index in [9.17, 15) is 0 Å². The molecule has 1 aliphatic rings. The van der Waals surface area contributed by atoms with Crippen LogP contribution in [-0.4, -0.2) is 0 Å². The standard InChI is InChI=1S/C9H3Cl2N/c10-5-3-6(11)8-7-2-1-4(5)9(8)12-7/h1-3H. The lowest BCUT2D eigenvalue weighted by atomic mass is 10.0. The molecule has 0 saturated carbocycles. The van der Waals surface area contributed by atoms with Crippen LogP contribution < -0.4 is 5.36 Å². The summed E-state index contributed by atoms with van der Waals surface area (Å²) in [5, 5.41) is 4.38. The molecule has 2 aromatic carbocycles. The molecule has 0 aromatic heterocycles. The third kappa shape index (κ3) is 0.598. The molecule has 0 radical (unpaired) electrons. The van der Waals surface area contributed by atoms with Crippen molar-refractivity contribution >= 4 is 39.7 Å². The SMILES string of the molecule is Clc1cc(Cl)c2c3ccc1c2n3. The van der Waals surface area contributed by atoms with Gasteiger partial charge >= 0.3 is 0 Å². The predicted octanol–water partition coefficient (Wildman–Crippen LogP) is 3.13. The maximum atomic E-state index is 5.97. The van der Waals surface area contributed by atoms with Crippen LogP contribution in [0, 0.1) is 0 Å². The molecule has 0 saturated heterocycles. The monoisotopic (exact) mass is 195 g/mol. The lowest BCUT2D eigenvalue weighted by Gasteiger charge is -2.13. The maximum Gasteiger partial charge on any atom is 0.0833 e. The van der Waals surface area contributed by atoms with E-state index >= 15 is 0 Å². The predicted molar refractivity (Wildman–Crippen MR) is 50.4 cm³/mol. The molecular weight excluding hydrogens is 193 g/mol. The second kappa shape index (κ2) is 1.93. The number of nitrogens with zero attached hydrogens (tertiary/aromatic N) is 1. The summed E-state index contributed by atoms with van der Waals surface area (Å²) in [6, 6.07) is 5.69. The highest BCUT2D eigenvalue weighted by Crippen LogP contribution is 2.35. The van der Waals surface area contributed by atoms with Gasteiger partial charge in [-0.15, -0.1) is 0 Å². The molecule has 4 bridgehead atoms. The van der Waals surface area contributed by atoms with E-state index in [0.29, 0.717) is 10.0 Å². The van der Waals surface area contributed by atoms with Crippen molar-refractivity contribution in [2.45, 2.75) is 0 Å². The van der Waals surface area contributed by atoms with Crippen LogP contribution in [0.2, 0.25) is 10.0 Å². The molecule has 12 heavy (non-hydrogen) atoms. The van der Waals surface area contributed by atoms with Crippen LogP contribution in [-0.2, 0) is 0 Å². The molecule has 3 heteroatoms. The minimum absolute atomic E-state index is 0.678. The van der Waals surface area contributed by atoms with Gasteiger partial charge in [0, 0.05) is 10.8 Å². The summed E-state index contributed by atoms with van der Waals surface area (Å²) in [4.78, 5) is 4.25. The fourth-order valence-electron chi connectivity index (χ4n) is 1.55. The average molecular weight is 196 g/mol. The first-order chi connectivity index (χ1) is 5.77. The largest absolute Gasteiger partial charge is 0.247 e. The summed E-state index contributed by atoms with van der Waals surface area (Å²) in [5.41, 5.74) is 0.971. The van der Waals surface area contributed by atoms with Gasteiger partial charge in [0.05, 0.1) is 21.1 Å². The van der Waals surface area contributed by atoms with E-state index in [4.69, 9.17) is 23.2 Å². The normalized spacial score (nSPS) is 12.8. The Kier molecular flexibility index (Phi) is 1.07. The van der Waals surface area contributed by atoms with Crippen LogP contribution in [0.3, 0.4) is 0 Å². The summed E-state index contributed by atoms with van der Waals surface area (Å²) < 4.78 is 0. The second-order valence-electron chi connectivity index (χ2n) is 2.81. The first kappa shape index (κ1) is 6.70. The van der Waals surface area contributed by atoms with Crippen LogP contribution in [0.15, 0.2) is 23.2 Å². The van der Waals surface area contributed by atoms with Crippen molar-refractivity contribution in [2.75, 3.05) is 0 Å². The van der Waals surface area contributed by atoms with Gasteiger partial charge < -0.3 is 0 Å². The van der Waals surface area contributed by atoms with Gasteiger partial charge in [-0.2, -0.15) is 0 Å². The highest BCUT2D eigenvalue weighted by molar-refractivity contribution is 6.40. The van der Waals surface area contributed by atoms with E-state index in [1.54, 1.807) is 6.07 Å². The molecule has 0 spiro atoms. The number of benzene rings is 2. The molecule has 58 valence electrons. The Hall–Kier alpha value is -0.790. The quantitative estimate of drug-likeness (QED) is 0.523. The first-order valence-electron chi connectivity index (χ1n) is 3.56. The lowest BCUT2D eigenvalue weighted by molar-refractivity contribution is 1.32. The Balaban J connectivity index is 2.72. The average Bonchev–Trinajstić information content (AvgIpc) is 2.01. The summed E-state index contributed by atoms with van der Waals surface area (Å²) in [6.07, 6.45) is 0. The minimum Gasteiger partial charge on any atom is -0.247 e. The fraction of sp³-hybridized carbons (Fsp3) is 0. The van der Waals surface area contributed by atoms with E-state index < -0.39 is 0 Å². The van der Waals surface area contributed by atoms with E-state index in [1.807, 2.05) is 12.1 Å². The van der Waals surface area contributed by atoms with Crippen molar-refractivity contribution < 1.29 is 0 Å².